The van der Waals surface area contributed by atoms with Gasteiger partial charge in [-0.3, -0.25) is 5.01 Å². The first kappa shape index (κ1) is 6.40. The lowest BCUT2D eigenvalue weighted by Gasteiger charge is -2.05. The summed E-state index contributed by atoms with van der Waals surface area (Å²) in [4.78, 5) is 9.61. The van der Waals surface area contributed by atoms with E-state index in [1.165, 1.54) is 5.01 Å². The van der Waals surface area contributed by atoms with Crippen molar-refractivity contribution in [1.82, 2.24) is 5.01 Å². The molecule has 3 nitrogen and oxygen atoms in total. The van der Waals surface area contributed by atoms with Gasteiger partial charge in [0.05, 0.1) is 11.8 Å². The van der Waals surface area contributed by atoms with E-state index in [9.17, 15) is 4.91 Å². The van der Waals surface area contributed by atoms with E-state index in [1.54, 1.807) is 13.5 Å². The van der Waals surface area contributed by atoms with E-state index in [0.29, 0.717) is 6.54 Å². The molecule has 0 bridgehead atoms. The zero-order valence-electron chi connectivity index (χ0n) is 4.59. The zero-order chi connectivity index (χ0) is 5.70. The summed E-state index contributed by atoms with van der Waals surface area (Å²) in [6.45, 7) is 5.92. The maximum Gasteiger partial charge on any atom is 0.0692 e. The van der Waals surface area contributed by atoms with E-state index in [4.69, 9.17) is 0 Å². The van der Waals surface area contributed by atoms with Crippen LogP contribution in [-0.4, -0.2) is 11.6 Å². The van der Waals surface area contributed by atoms with Gasteiger partial charge in [0, 0.05) is 6.54 Å². The monoisotopic (exact) mass is 101 g/mol. The SMILES string of the molecule is C[CH]N(CC)N=O. The molecule has 0 aromatic heterocycles. The van der Waals surface area contributed by atoms with Gasteiger partial charge in [-0.05, 0) is 13.8 Å². The Morgan fingerprint density at radius 1 is 1.86 bits per heavy atom. The number of nitroso groups, excluding NO2 is 1. The lowest BCUT2D eigenvalue weighted by Crippen LogP contribution is -2.09. The van der Waals surface area contributed by atoms with Crippen LogP contribution in [0.2, 0.25) is 0 Å². The van der Waals surface area contributed by atoms with Crippen LogP contribution in [0.15, 0.2) is 5.29 Å². The molecule has 0 amide bonds. The fourth-order valence-corrected chi connectivity index (χ4v) is 0.287. The molecule has 0 atom stereocenters. The Labute approximate surface area is 43.3 Å². The van der Waals surface area contributed by atoms with E-state index in [-0.39, 0.29) is 0 Å². The van der Waals surface area contributed by atoms with Gasteiger partial charge < -0.3 is 0 Å². The quantitative estimate of drug-likeness (QED) is 0.395. The summed E-state index contributed by atoms with van der Waals surface area (Å²) in [6.07, 6.45) is 0. The van der Waals surface area contributed by atoms with Gasteiger partial charge in [-0.2, -0.15) is 0 Å². The lowest BCUT2D eigenvalue weighted by molar-refractivity contribution is 0.372. The van der Waals surface area contributed by atoms with Crippen LogP contribution in [0.4, 0.5) is 0 Å². The molecular formula is C4H9N2O. The molecule has 0 saturated heterocycles. The maximum absolute atomic E-state index is 9.61. The van der Waals surface area contributed by atoms with Crippen LogP contribution in [0.25, 0.3) is 0 Å². The number of hydrogen-bond acceptors (Lipinski definition) is 2. The third-order valence-corrected chi connectivity index (χ3v) is 0.727. The van der Waals surface area contributed by atoms with Gasteiger partial charge in [-0.25, -0.2) is 0 Å². The maximum atomic E-state index is 9.61. The molecule has 0 heterocycles. The Kier molecular flexibility index (Phi) is 3.28. The minimum atomic E-state index is 0.653. The normalized spacial score (nSPS) is 8.29. The van der Waals surface area contributed by atoms with Crippen LogP contribution in [0.5, 0.6) is 0 Å². The molecule has 0 unspecified atom stereocenters. The van der Waals surface area contributed by atoms with Gasteiger partial charge in [-0.1, -0.05) is 0 Å². The fraction of sp³-hybridized carbons (Fsp3) is 0.750. The van der Waals surface area contributed by atoms with Crippen molar-refractivity contribution in [2.75, 3.05) is 6.54 Å². The minimum absolute atomic E-state index is 0.653. The first-order chi connectivity index (χ1) is 3.35. The Morgan fingerprint density at radius 3 is 2.43 bits per heavy atom. The van der Waals surface area contributed by atoms with Gasteiger partial charge in [0.1, 0.15) is 0 Å². The number of rotatable bonds is 3. The smallest absolute Gasteiger partial charge is 0.0692 e. The largest absolute Gasteiger partial charge is 0.256 e. The number of hydrogen-bond donors (Lipinski definition) is 0. The van der Waals surface area contributed by atoms with Crippen LogP contribution < -0.4 is 0 Å². The molecule has 0 fully saturated rings. The van der Waals surface area contributed by atoms with Crippen molar-refractivity contribution < 1.29 is 0 Å². The molecule has 41 valence electrons. The highest BCUT2D eigenvalue weighted by Crippen LogP contribution is 1.88. The highest BCUT2D eigenvalue weighted by molar-refractivity contribution is 4.52. The third kappa shape index (κ3) is 2.14. The molecule has 0 aliphatic rings. The summed E-state index contributed by atoms with van der Waals surface area (Å²) >= 11 is 0. The molecule has 0 aliphatic heterocycles. The predicted molar refractivity (Wildman–Crippen MR) is 28.1 cm³/mol. The van der Waals surface area contributed by atoms with Crippen LogP contribution in [0, 0.1) is 11.5 Å². The van der Waals surface area contributed by atoms with E-state index in [0.717, 1.165) is 0 Å². The molecule has 0 aromatic carbocycles. The molecular weight excluding hydrogens is 92.1 g/mol. The Hall–Kier alpha value is -0.600. The van der Waals surface area contributed by atoms with Crippen molar-refractivity contribution >= 4 is 0 Å². The molecule has 0 saturated carbocycles. The standard InChI is InChI=1S/C4H9N2O/c1-3-6(4-2)5-7/h3H,4H2,1-2H3. The Balaban J connectivity index is 3.16. The topological polar surface area (TPSA) is 32.7 Å². The van der Waals surface area contributed by atoms with E-state index in [2.05, 4.69) is 5.29 Å². The average molecular weight is 101 g/mol. The zero-order valence-corrected chi connectivity index (χ0v) is 4.59. The van der Waals surface area contributed by atoms with Crippen molar-refractivity contribution in [3.05, 3.63) is 11.5 Å². The van der Waals surface area contributed by atoms with E-state index < -0.39 is 0 Å². The lowest BCUT2D eigenvalue weighted by atomic mass is 10.6. The summed E-state index contributed by atoms with van der Waals surface area (Å²) in [7, 11) is 0. The van der Waals surface area contributed by atoms with Gasteiger partial charge in [0.25, 0.3) is 0 Å². The molecule has 1 radical (unpaired) electrons. The summed E-state index contributed by atoms with van der Waals surface area (Å²) in [5.41, 5.74) is 0. The fourth-order valence-electron chi connectivity index (χ4n) is 0.287. The molecule has 0 spiro atoms. The van der Waals surface area contributed by atoms with Crippen molar-refractivity contribution in [3.8, 4) is 0 Å². The van der Waals surface area contributed by atoms with Crippen LogP contribution in [0.1, 0.15) is 13.8 Å². The number of nitrogens with zero attached hydrogens (tertiary/aromatic N) is 2. The Bertz CT molecular complexity index is 51.7. The van der Waals surface area contributed by atoms with Crippen molar-refractivity contribution in [1.29, 1.82) is 0 Å². The first-order valence-electron chi connectivity index (χ1n) is 2.24. The first-order valence-corrected chi connectivity index (χ1v) is 2.24. The molecule has 7 heavy (non-hydrogen) atoms. The van der Waals surface area contributed by atoms with Crippen LogP contribution in [0.3, 0.4) is 0 Å². The molecule has 0 aliphatic carbocycles. The second-order valence-electron chi connectivity index (χ2n) is 1.10. The molecule has 0 rings (SSSR count). The molecule has 3 heteroatoms. The van der Waals surface area contributed by atoms with Crippen LogP contribution >= 0.6 is 0 Å². The molecule has 0 aromatic rings. The van der Waals surface area contributed by atoms with Gasteiger partial charge >= 0.3 is 0 Å². The summed E-state index contributed by atoms with van der Waals surface area (Å²) < 4.78 is 0. The summed E-state index contributed by atoms with van der Waals surface area (Å²) in [5.74, 6) is 0. The van der Waals surface area contributed by atoms with E-state index in [1.807, 2.05) is 6.92 Å². The second kappa shape index (κ2) is 3.59. The Morgan fingerprint density at radius 2 is 2.43 bits per heavy atom. The highest BCUT2D eigenvalue weighted by atomic mass is 16.3. The van der Waals surface area contributed by atoms with E-state index >= 15 is 0 Å². The van der Waals surface area contributed by atoms with Gasteiger partial charge in [-0.15, -0.1) is 4.91 Å². The third-order valence-electron chi connectivity index (χ3n) is 0.727. The second-order valence-corrected chi connectivity index (χ2v) is 1.10. The highest BCUT2D eigenvalue weighted by Gasteiger charge is 1.89. The summed E-state index contributed by atoms with van der Waals surface area (Å²) in [5, 5.41) is 3.97. The minimum Gasteiger partial charge on any atom is -0.256 e. The average Bonchev–Trinajstić information content (AvgIpc) is 1.72. The van der Waals surface area contributed by atoms with Crippen molar-refractivity contribution in [2.45, 2.75) is 13.8 Å². The van der Waals surface area contributed by atoms with Crippen LogP contribution in [-0.2, 0) is 0 Å². The van der Waals surface area contributed by atoms with Gasteiger partial charge in [0.2, 0.25) is 0 Å². The summed E-state index contributed by atoms with van der Waals surface area (Å²) in [6, 6.07) is 0. The van der Waals surface area contributed by atoms with Crippen molar-refractivity contribution in [2.24, 2.45) is 5.29 Å². The van der Waals surface area contributed by atoms with Crippen molar-refractivity contribution in [3.63, 3.8) is 0 Å². The van der Waals surface area contributed by atoms with Gasteiger partial charge in [0.15, 0.2) is 0 Å². The molecule has 0 N–H and O–H groups in total. The predicted octanol–water partition coefficient (Wildman–Crippen LogP) is 1.17.